The maximum atomic E-state index is 11.0. The van der Waals surface area contributed by atoms with Crippen LogP contribution in [0.5, 0.6) is 5.75 Å². The minimum Gasteiger partial charge on any atom is -0.494 e. The average molecular weight is 303 g/mol. The van der Waals surface area contributed by atoms with E-state index in [1.54, 1.807) is 6.92 Å². The first-order valence-corrected chi connectivity index (χ1v) is 7.56. The molecule has 22 heavy (non-hydrogen) atoms. The van der Waals surface area contributed by atoms with Gasteiger partial charge in [0, 0.05) is 11.1 Å². The third kappa shape index (κ3) is 3.87. The van der Waals surface area contributed by atoms with Gasteiger partial charge in [-0.2, -0.15) is 0 Å². The minimum atomic E-state index is -1.08. The summed E-state index contributed by atoms with van der Waals surface area (Å²) in [5.41, 5.74) is 1.27. The lowest BCUT2D eigenvalue weighted by molar-refractivity contribution is 0.0685. The van der Waals surface area contributed by atoms with Crippen LogP contribution in [-0.2, 0) is 0 Å². The molecule has 0 aliphatic heterocycles. The van der Waals surface area contributed by atoms with Gasteiger partial charge >= 0.3 is 5.97 Å². The van der Waals surface area contributed by atoms with Gasteiger partial charge in [0.05, 0.1) is 6.61 Å². The summed E-state index contributed by atoms with van der Waals surface area (Å²) < 4.78 is 10.8. The molecular weight excluding hydrogens is 282 g/mol. The molecule has 1 N–H and O–H groups in total. The highest BCUT2D eigenvalue weighted by Crippen LogP contribution is 2.27. The third-order valence-corrected chi connectivity index (χ3v) is 3.51. The van der Waals surface area contributed by atoms with Gasteiger partial charge in [0.2, 0.25) is 0 Å². The van der Waals surface area contributed by atoms with Crippen LogP contribution >= 0.6 is 0 Å². The Balaban J connectivity index is 1.98. The number of hydrogen-bond donors (Lipinski definition) is 1. The van der Waals surface area contributed by atoms with Gasteiger partial charge in [0.15, 0.2) is 11.5 Å². The standard InChI is InChI=1S/C17H21NO4/c1-3-4-5-6-11-21-14-9-7-13(8-10-14)16-12(2)15(17(19)20)18-22-16/h7-10H,3-6,11H2,1-2H3,(H,19,20). The quantitative estimate of drug-likeness (QED) is 0.736. The maximum absolute atomic E-state index is 11.0. The monoisotopic (exact) mass is 303 g/mol. The van der Waals surface area contributed by atoms with E-state index in [1.165, 1.54) is 19.3 Å². The van der Waals surface area contributed by atoms with E-state index in [9.17, 15) is 4.79 Å². The second-order valence-electron chi connectivity index (χ2n) is 5.22. The zero-order valence-corrected chi connectivity index (χ0v) is 13.0. The van der Waals surface area contributed by atoms with Crippen LogP contribution in [0.1, 0.15) is 48.7 Å². The SMILES string of the molecule is CCCCCCOc1ccc(-c2onc(C(=O)O)c2C)cc1. The van der Waals surface area contributed by atoms with Crippen molar-refractivity contribution in [1.29, 1.82) is 0 Å². The molecule has 2 aromatic rings. The number of hydrogen-bond acceptors (Lipinski definition) is 4. The Hall–Kier alpha value is -2.30. The van der Waals surface area contributed by atoms with E-state index in [1.807, 2.05) is 24.3 Å². The zero-order chi connectivity index (χ0) is 15.9. The number of carbonyl (C=O) groups is 1. The molecule has 0 spiro atoms. The van der Waals surface area contributed by atoms with Gasteiger partial charge in [0.1, 0.15) is 5.75 Å². The molecule has 0 saturated heterocycles. The lowest BCUT2D eigenvalue weighted by Gasteiger charge is -2.06. The van der Waals surface area contributed by atoms with Crippen LogP contribution in [0.2, 0.25) is 0 Å². The zero-order valence-electron chi connectivity index (χ0n) is 13.0. The van der Waals surface area contributed by atoms with Crippen LogP contribution in [-0.4, -0.2) is 22.8 Å². The maximum Gasteiger partial charge on any atom is 0.358 e. The van der Waals surface area contributed by atoms with E-state index >= 15 is 0 Å². The molecule has 0 saturated carbocycles. The molecule has 1 aromatic heterocycles. The smallest absolute Gasteiger partial charge is 0.358 e. The molecule has 0 amide bonds. The fourth-order valence-electron chi connectivity index (χ4n) is 2.23. The van der Waals surface area contributed by atoms with Crippen LogP contribution in [0, 0.1) is 6.92 Å². The van der Waals surface area contributed by atoms with Crippen LogP contribution < -0.4 is 4.74 Å². The van der Waals surface area contributed by atoms with Crippen molar-refractivity contribution in [2.45, 2.75) is 39.5 Å². The summed E-state index contributed by atoms with van der Waals surface area (Å²) in [6.07, 6.45) is 4.69. The van der Waals surface area contributed by atoms with Crippen molar-refractivity contribution in [3.05, 3.63) is 35.5 Å². The molecular formula is C17H21NO4. The number of carboxylic acid groups (broad SMARTS) is 1. The van der Waals surface area contributed by atoms with Crippen molar-refractivity contribution in [3.8, 4) is 17.1 Å². The van der Waals surface area contributed by atoms with Crippen molar-refractivity contribution in [3.63, 3.8) is 0 Å². The average Bonchev–Trinajstić information content (AvgIpc) is 2.89. The van der Waals surface area contributed by atoms with Gasteiger partial charge in [-0.1, -0.05) is 31.3 Å². The first-order valence-electron chi connectivity index (χ1n) is 7.56. The normalized spacial score (nSPS) is 10.6. The number of nitrogens with zero attached hydrogens (tertiary/aromatic N) is 1. The molecule has 0 radical (unpaired) electrons. The fourth-order valence-corrected chi connectivity index (χ4v) is 2.23. The number of ether oxygens (including phenoxy) is 1. The van der Waals surface area contributed by atoms with Gasteiger partial charge in [-0.3, -0.25) is 0 Å². The highest BCUT2D eigenvalue weighted by atomic mass is 16.5. The van der Waals surface area contributed by atoms with E-state index in [0.29, 0.717) is 17.9 Å². The number of aromatic carboxylic acids is 1. The molecule has 118 valence electrons. The summed E-state index contributed by atoms with van der Waals surface area (Å²) in [5.74, 6) is 0.197. The van der Waals surface area contributed by atoms with E-state index in [2.05, 4.69) is 12.1 Å². The highest BCUT2D eigenvalue weighted by molar-refractivity contribution is 5.88. The molecule has 0 unspecified atom stereocenters. The lowest BCUT2D eigenvalue weighted by atomic mass is 10.1. The van der Waals surface area contributed by atoms with Crippen molar-refractivity contribution in [1.82, 2.24) is 5.16 Å². The lowest BCUT2D eigenvalue weighted by Crippen LogP contribution is -1.98. The van der Waals surface area contributed by atoms with Gasteiger partial charge in [-0.25, -0.2) is 4.79 Å². The van der Waals surface area contributed by atoms with E-state index < -0.39 is 5.97 Å². The van der Waals surface area contributed by atoms with Crippen molar-refractivity contribution in [2.24, 2.45) is 0 Å². The molecule has 0 aliphatic carbocycles. The topological polar surface area (TPSA) is 72.6 Å². The summed E-state index contributed by atoms with van der Waals surface area (Å²) in [6, 6.07) is 7.41. The van der Waals surface area contributed by atoms with Crippen LogP contribution in [0.4, 0.5) is 0 Å². The largest absolute Gasteiger partial charge is 0.494 e. The summed E-state index contributed by atoms with van der Waals surface area (Å²) in [6.45, 7) is 4.58. The first kappa shape index (κ1) is 16.1. The second kappa shape index (κ2) is 7.64. The number of rotatable bonds is 8. The van der Waals surface area contributed by atoms with Gasteiger partial charge < -0.3 is 14.4 Å². The number of benzene rings is 1. The van der Waals surface area contributed by atoms with E-state index in [-0.39, 0.29) is 5.69 Å². The Morgan fingerprint density at radius 3 is 2.55 bits per heavy atom. The third-order valence-electron chi connectivity index (χ3n) is 3.51. The first-order chi connectivity index (χ1) is 10.6. The molecule has 5 nitrogen and oxygen atoms in total. The summed E-state index contributed by atoms with van der Waals surface area (Å²) in [4.78, 5) is 11.0. The summed E-state index contributed by atoms with van der Waals surface area (Å²) in [5, 5.41) is 12.6. The Morgan fingerprint density at radius 2 is 1.95 bits per heavy atom. The van der Waals surface area contributed by atoms with Gasteiger partial charge in [0.25, 0.3) is 0 Å². The van der Waals surface area contributed by atoms with Crippen molar-refractivity contribution >= 4 is 5.97 Å². The fraction of sp³-hybridized carbons (Fsp3) is 0.412. The Bertz CT molecular complexity index is 616. The van der Waals surface area contributed by atoms with Crippen LogP contribution in [0.3, 0.4) is 0 Å². The number of unbranched alkanes of at least 4 members (excludes halogenated alkanes) is 3. The molecule has 0 bridgehead atoms. The number of aromatic nitrogens is 1. The van der Waals surface area contributed by atoms with Gasteiger partial charge in [-0.05, 0) is 37.6 Å². The molecule has 0 fully saturated rings. The summed E-state index contributed by atoms with van der Waals surface area (Å²) >= 11 is 0. The van der Waals surface area contributed by atoms with E-state index in [0.717, 1.165) is 17.7 Å². The highest BCUT2D eigenvalue weighted by Gasteiger charge is 2.18. The number of carboxylic acids is 1. The Kier molecular flexibility index (Phi) is 5.58. The molecule has 1 aromatic carbocycles. The van der Waals surface area contributed by atoms with Crippen molar-refractivity contribution in [2.75, 3.05) is 6.61 Å². The molecule has 5 heteroatoms. The molecule has 0 atom stereocenters. The Morgan fingerprint density at radius 1 is 1.23 bits per heavy atom. The molecule has 0 aliphatic rings. The second-order valence-corrected chi connectivity index (χ2v) is 5.22. The van der Waals surface area contributed by atoms with Gasteiger partial charge in [-0.15, -0.1) is 0 Å². The summed E-state index contributed by atoms with van der Waals surface area (Å²) in [7, 11) is 0. The van der Waals surface area contributed by atoms with Crippen LogP contribution in [0.25, 0.3) is 11.3 Å². The van der Waals surface area contributed by atoms with Crippen molar-refractivity contribution < 1.29 is 19.2 Å². The molecule has 2 rings (SSSR count). The predicted octanol–water partition coefficient (Wildman–Crippen LogP) is 4.31. The minimum absolute atomic E-state index is 0.0498. The Labute approximate surface area is 129 Å². The molecule has 1 heterocycles. The predicted molar refractivity (Wildman–Crippen MR) is 83.3 cm³/mol. The van der Waals surface area contributed by atoms with E-state index in [4.69, 9.17) is 14.4 Å². The van der Waals surface area contributed by atoms with Crippen LogP contribution in [0.15, 0.2) is 28.8 Å².